The molecule has 114 valence electrons. The summed E-state index contributed by atoms with van der Waals surface area (Å²) in [6.45, 7) is 3.63. The minimum absolute atomic E-state index is 0.0697. The van der Waals surface area contributed by atoms with Crippen LogP contribution in [0.25, 0.3) is 0 Å². The van der Waals surface area contributed by atoms with Crippen molar-refractivity contribution in [2.45, 2.75) is 31.5 Å². The summed E-state index contributed by atoms with van der Waals surface area (Å²) < 4.78 is 32.1. The average molecular weight is 309 g/mol. The zero-order valence-corrected chi connectivity index (χ0v) is 12.7. The largest absolute Gasteiger partial charge is 0.447 e. The molecule has 0 bridgehead atoms. The van der Waals surface area contributed by atoms with Crippen LogP contribution in [0.15, 0.2) is 46.2 Å². The molecule has 0 radical (unpaired) electrons. The predicted molar refractivity (Wildman–Crippen MR) is 79.0 cm³/mol. The highest BCUT2D eigenvalue weighted by Crippen LogP contribution is 2.14. The normalized spacial score (nSPS) is 11.7. The van der Waals surface area contributed by atoms with Crippen molar-refractivity contribution in [3.8, 4) is 0 Å². The summed E-state index contributed by atoms with van der Waals surface area (Å²) in [6, 6.07) is 6.70. The highest BCUT2D eigenvalue weighted by molar-refractivity contribution is 7.89. The Kier molecular flexibility index (Phi) is 5.49. The van der Waals surface area contributed by atoms with Gasteiger partial charge in [0, 0.05) is 18.9 Å². The van der Waals surface area contributed by atoms with E-state index in [1.165, 1.54) is 6.07 Å². The maximum atomic E-state index is 12.1. The molecule has 0 amide bonds. The standard InChI is InChI=1S/C14H19N3O3S/c1-2-7-15-11-13-5-6-14(20-13)21(18,19)17-10-12-4-3-8-16-9-12/h3-6,8-9,15,17H,2,7,10-11H2,1H3. The number of nitrogens with one attached hydrogen (secondary N) is 2. The van der Waals surface area contributed by atoms with Gasteiger partial charge < -0.3 is 9.73 Å². The molecule has 0 unspecified atom stereocenters. The van der Waals surface area contributed by atoms with Gasteiger partial charge in [0.1, 0.15) is 5.76 Å². The number of aromatic nitrogens is 1. The number of sulfonamides is 1. The van der Waals surface area contributed by atoms with Gasteiger partial charge in [0.15, 0.2) is 0 Å². The summed E-state index contributed by atoms with van der Waals surface area (Å²) in [5, 5.41) is 3.09. The van der Waals surface area contributed by atoms with Crippen molar-refractivity contribution in [1.82, 2.24) is 15.0 Å². The molecule has 0 spiro atoms. The molecule has 2 rings (SSSR count). The average Bonchev–Trinajstić information content (AvgIpc) is 2.96. The molecule has 0 saturated carbocycles. The minimum atomic E-state index is -3.64. The Bertz CT molecular complexity index is 653. The molecule has 2 aromatic heterocycles. The highest BCUT2D eigenvalue weighted by atomic mass is 32.2. The fraction of sp³-hybridized carbons (Fsp3) is 0.357. The van der Waals surface area contributed by atoms with Gasteiger partial charge >= 0.3 is 0 Å². The quantitative estimate of drug-likeness (QED) is 0.724. The van der Waals surface area contributed by atoms with Gasteiger partial charge in [-0.1, -0.05) is 13.0 Å². The summed E-state index contributed by atoms with van der Waals surface area (Å²) >= 11 is 0. The van der Waals surface area contributed by atoms with Crippen LogP contribution < -0.4 is 10.0 Å². The molecule has 0 aliphatic rings. The highest BCUT2D eigenvalue weighted by Gasteiger charge is 2.18. The van der Waals surface area contributed by atoms with E-state index in [2.05, 4.69) is 21.9 Å². The lowest BCUT2D eigenvalue weighted by molar-refractivity contribution is 0.400. The van der Waals surface area contributed by atoms with Crippen molar-refractivity contribution in [3.63, 3.8) is 0 Å². The second kappa shape index (κ2) is 7.35. The Balaban J connectivity index is 1.96. The predicted octanol–water partition coefficient (Wildman–Crippen LogP) is 1.65. The molecule has 0 saturated heterocycles. The van der Waals surface area contributed by atoms with Crippen LogP contribution in [0.5, 0.6) is 0 Å². The summed E-state index contributed by atoms with van der Waals surface area (Å²) in [4.78, 5) is 3.94. The molecule has 2 heterocycles. The topological polar surface area (TPSA) is 84.2 Å². The van der Waals surface area contributed by atoms with Crippen LogP contribution >= 0.6 is 0 Å². The first-order chi connectivity index (χ1) is 10.1. The molecule has 6 nitrogen and oxygen atoms in total. The van der Waals surface area contributed by atoms with E-state index in [-0.39, 0.29) is 11.6 Å². The Hall–Kier alpha value is -1.70. The first kappa shape index (κ1) is 15.7. The first-order valence-electron chi connectivity index (χ1n) is 6.80. The number of furan rings is 1. The van der Waals surface area contributed by atoms with Crippen LogP contribution in [0, 0.1) is 0 Å². The van der Waals surface area contributed by atoms with Gasteiger partial charge in [0.2, 0.25) is 5.09 Å². The number of pyridine rings is 1. The SMILES string of the molecule is CCCNCc1ccc(S(=O)(=O)NCc2cccnc2)o1. The summed E-state index contributed by atoms with van der Waals surface area (Å²) in [5.41, 5.74) is 0.789. The lowest BCUT2D eigenvalue weighted by atomic mass is 10.3. The second-order valence-electron chi connectivity index (χ2n) is 4.58. The molecule has 2 N–H and O–H groups in total. The molecule has 0 aromatic carbocycles. The van der Waals surface area contributed by atoms with Crippen molar-refractivity contribution < 1.29 is 12.8 Å². The molecule has 0 atom stereocenters. The zero-order valence-electron chi connectivity index (χ0n) is 11.9. The molecule has 2 aromatic rings. The van der Waals surface area contributed by atoms with Crippen molar-refractivity contribution >= 4 is 10.0 Å². The number of rotatable bonds is 8. The van der Waals surface area contributed by atoms with E-state index >= 15 is 0 Å². The zero-order chi connectivity index (χ0) is 15.1. The summed E-state index contributed by atoms with van der Waals surface area (Å²) in [7, 11) is -3.64. The third-order valence-electron chi connectivity index (χ3n) is 2.82. The Labute approximate surface area is 124 Å². The van der Waals surface area contributed by atoms with E-state index in [1.54, 1.807) is 30.6 Å². The van der Waals surface area contributed by atoms with E-state index in [9.17, 15) is 8.42 Å². The number of hydrogen-bond acceptors (Lipinski definition) is 5. The van der Waals surface area contributed by atoms with E-state index in [0.29, 0.717) is 12.3 Å². The van der Waals surface area contributed by atoms with Crippen LogP contribution in [0.1, 0.15) is 24.7 Å². The lowest BCUT2D eigenvalue weighted by Gasteiger charge is -2.04. The van der Waals surface area contributed by atoms with Crippen molar-refractivity contribution in [2.75, 3.05) is 6.54 Å². The van der Waals surface area contributed by atoms with Crippen LogP contribution in [0.4, 0.5) is 0 Å². The smallest absolute Gasteiger partial charge is 0.274 e. The van der Waals surface area contributed by atoms with E-state index < -0.39 is 10.0 Å². The number of nitrogens with zero attached hydrogens (tertiary/aromatic N) is 1. The molecule has 21 heavy (non-hydrogen) atoms. The lowest BCUT2D eigenvalue weighted by Crippen LogP contribution is -2.22. The monoisotopic (exact) mass is 309 g/mol. The Morgan fingerprint density at radius 3 is 2.81 bits per heavy atom. The van der Waals surface area contributed by atoms with E-state index in [4.69, 9.17) is 4.42 Å². The van der Waals surface area contributed by atoms with Gasteiger partial charge in [-0.05, 0) is 36.7 Å². The fourth-order valence-electron chi connectivity index (χ4n) is 1.74. The Morgan fingerprint density at radius 1 is 1.24 bits per heavy atom. The van der Waals surface area contributed by atoms with Crippen LogP contribution in [0.2, 0.25) is 0 Å². The summed E-state index contributed by atoms with van der Waals surface area (Å²) in [6.07, 6.45) is 4.27. The maximum absolute atomic E-state index is 12.1. The van der Waals surface area contributed by atoms with Gasteiger partial charge in [0.25, 0.3) is 10.0 Å². The number of hydrogen-bond donors (Lipinski definition) is 2. The molecule has 0 aliphatic carbocycles. The van der Waals surface area contributed by atoms with Gasteiger partial charge in [-0.3, -0.25) is 4.98 Å². The minimum Gasteiger partial charge on any atom is -0.447 e. The van der Waals surface area contributed by atoms with Crippen molar-refractivity contribution in [3.05, 3.63) is 48.0 Å². The first-order valence-corrected chi connectivity index (χ1v) is 8.28. The summed E-state index contributed by atoms with van der Waals surface area (Å²) in [5.74, 6) is 0.602. The fourth-order valence-corrected chi connectivity index (χ4v) is 2.70. The third-order valence-corrected chi connectivity index (χ3v) is 4.09. The second-order valence-corrected chi connectivity index (χ2v) is 6.28. The molecule has 0 aliphatic heterocycles. The van der Waals surface area contributed by atoms with E-state index in [1.807, 2.05) is 0 Å². The van der Waals surface area contributed by atoms with Crippen LogP contribution in [0.3, 0.4) is 0 Å². The maximum Gasteiger partial charge on any atom is 0.274 e. The molecule has 7 heteroatoms. The van der Waals surface area contributed by atoms with Gasteiger partial charge in [-0.25, -0.2) is 13.1 Å². The molecular weight excluding hydrogens is 290 g/mol. The van der Waals surface area contributed by atoms with Crippen molar-refractivity contribution in [2.24, 2.45) is 0 Å². The Morgan fingerprint density at radius 2 is 2.10 bits per heavy atom. The molecule has 0 fully saturated rings. The van der Waals surface area contributed by atoms with Gasteiger partial charge in [0.05, 0.1) is 6.54 Å². The van der Waals surface area contributed by atoms with Crippen LogP contribution in [-0.2, 0) is 23.1 Å². The van der Waals surface area contributed by atoms with Gasteiger partial charge in [-0.15, -0.1) is 0 Å². The third kappa shape index (κ3) is 4.66. The van der Waals surface area contributed by atoms with Gasteiger partial charge in [-0.2, -0.15) is 0 Å². The van der Waals surface area contributed by atoms with Crippen molar-refractivity contribution in [1.29, 1.82) is 0 Å². The molecular formula is C14H19N3O3S. The van der Waals surface area contributed by atoms with E-state index in [0.717, 1.165) is 18.5 Å². The van der Waals surface area contributed by atoms with Crippen LogP contribution in [-0.4, -0.2) is 19.9 Å².